The van der Waals surface area contributed by atoms with E-state index in [4.69, 9.17) is 19.9 Å². The number of ether oxygens (including phenoxy) is 3. The van der Waals surface area contributed by atoms with Gasteiger partial charge in [-0.2, -0.15) is 0 Å². The SMILES string of the molecule is CC[C@H](C)[C@@H]([C@@H](CC(=O)N1CCC[C@H]1[C@H](OC)[C@@H](C)C(=O)N[C@@H](Cc1ccccc1)C(=O)NCCCOC(=O)[C@H](C)NC(=O)CCN)OC)N(C)C(=O)CC(C)C. The van der Waals surface area contributed by atoms with Crippen LogP contribution in [0.3, 0.4) is 0 Å². The van der Waals surface area contributed by atoms with Crippen molar-refractivity contribution in [2.75, 3.05) is 47.5 Å². The molecule has 1 aromatic rings. The van der Waals surface area contributed by atoms with Gasteiger partial charge in [-0.1, -0.05) is 71.4 Å². The van der Waals surface area contributed by atoms with Gasteiger partial charge >= 0.3 is 5.97 Å². The second-order valence-electron chi connectivity index (χ2n) is 15.6. The van der Waals surface area contributed by atoms with Crippen molar-refractivity contribution in [1.29, 1.82) is 0 Å². The normalized spacial score (nSPS) is 17.7. The molecule has 1 aliphatic heterocycles. The molecule has 2 rings (SSSR count). The highest BCUT2D eigenvalue weighted by molar-refractivity contribution is 5.89. The number of carbonyl (C=O) groups is 6. The van der Waals surface area contributed by atoms with E-state index in [1.54, 1.807) is 30.9 Å². The number of likely N-dealkylation sites (N-methyl/N-ethyl adjacent to an activating group) is 1. The maximum atomic E-state index is 14.1. The first kappa shape index (κ1) is 49.1. The van der Waals surface area contributed by atoms with E-state index in [1.807, 2.05) is 44.2 Å². The fourth-order valence-electron chi connectivity index (χ4n) is 7.39. The summed E-state index contributed by atoms with van der Waals surface area (Å²) < 4.78 is 17.1. The molecule has 0 aromatic heterocycles. The van der Waals surface area contributed by atoms with Gasteiger partial charge in [-0.25, -0.2) is 4.79 Å². The largest absolute Gasteiger partial charge is 0.464 e. The molecule has 0 spiro atoms. The number of rotatable bonds is 25. The average molecular weight is 803 g/mol. The molecule has 57 heavy (non-hydrogen) atoms. The predicted octanol–water partition coefficient (Wildman–Crippen LogP) is 2.58. The number of methoxy groups -OCH3 is 2. The first-order chi connectivity index (χ1) is 27.1. The Morgan fingerprint density at radius 3 is 2.23 bits per heavy atom. The van der Waals surface area contributed by atoms with Crippen molar-refractivity contribution >= 4 is 35.5 Å². The second kappa shape index (κ2) is 25.3. The molecule has 1 aliphatic rings. The minimum absolute atomic E-state index is 0.0142. The van der Waals surface area contributed by atoms with Crippen LogP contribution in [0.25, 0.3) is 0 Å². The van der Waals surface area contributed by atoms with Crippen molar-refractivity contribution in [3.63, 3.8) is 0 Å². The van der Waals surface area contributed by atoms with Gasteiger partial charge in [0, 0.05) is 60.2 Å². The number of amides is 5. The van der Waals surface area contributed by atoms with E-state index >= 15 is 0 Å². The highest BCUT2D eigenvalue weighted by Gasteiger charge is 2.42. The van der Waals surface area contributed by atoms with Gasteiger partial charge in [-0.05, 0) is 43.6 Å². The number of likely N-dealkylation sites (tertiary alicyclic amines) is 1. The fourth-order valence-corrected chi connectivity index (χ4v) is 7.39. The van der Waals surface area contributed by atoms with Gasteiger partial charge in [0.1, 0.15) is 12.1 Å². The van der Waals surface area contributed by atoms with Crippen LogP contribution in [0.4, 0.5) is 0 Å². The Hall–Kier alpha value is -4.08. The summed E-state index contributed by atoms with van der Waals surface area (Å²) >= 11 is 0. The molecule has 0 unspecified atom stereocenters. The van der Waals surface area contributed by atoms with Crippen LogP contribution in [-0.2, 0) is 49.4 Å². The molecule has 322 valence electrons. The lowest BCUT2D eigenvalue weighted by Gasteiger charge is -2.39. The summed E-state index contributed by atoms with van der Waals surface area (Å²) in [7, 11) is 4.89. The highest BCUT2D eigenvalue weighted by Crippen LogP contribution is 2.29. The summed E-state index contributed by atoms with van der Waals surface area (Å²) in [6, 6.07) is 6.89. The van der Waals surface area contributed by atoms with Gasteiger partial charge in [-0.15, -0.1) is 0 Å². The number of carbonyl (C=O) groups excluding carboxylic acids is 6. The summed E-state index contributed by atoms with van der Waals surface area (Å²) in [5.41, 5.74) is 6.23. The van der Waals surface area contributed by atoms with Gasteiger partial charge in [0.2, 0.25) is 29.5 Å². The molecular weight excluding hydrogens is 732 g/mol. The summed E-state index contributed by atoms with van der Waals surface area (Å²) in [5, 5.41) is 8.30. The van der Waals surface area contributed by atoms with Crippen LogP contribution in [-0.4, -0.2) is 129 Å². The zero-order chi connectivity index (χ0) is 42.7. The van der Waals surface area contributed by atoms with Crippen LogP contribution in [0.5, 0.6) is 0 Å². The van der Waals surface area contributed by atoms with Crippen molar-refractivity contribution in [2.45, 2.75) is 129 Å². The van der Waals surface area contributed by atoms with Crippen LogP contribution in [0.15, 0.2) is 30.3 Å². The lowest BCUT2D eigenvalue weighted by molar-refractivity contribution is -0.147. The molecule has 1 fully saturated rings. The van der Waals surface area contributed by atoms with E-state index in [-0.39, 0.29) is 80.6 Å². The molecule has 0 aliphatic carbocycles. The molecule has 0 radical (unpaired) electrons. The third kappa shape index (κ3) is 15.7. The molecule has 1 heterocycles. The van der Waals surface area contributed by atoms with Gasteiger partial charge in [-0.3, -0.25) is 24.0 Å². The summed E-state index contributed by atoms with van der Waals surface area (Å²) in [4.78, 5) is 82.2. The first-order valence-electron chi connectivity index (χ1n) is 20.5. The van der Waals surface area contributed by atoms with Crippen LogP contribution in [0.1, 0.15) is 92.1 Å². The third-order valence-electron chi connectivity index (χ3n) is 10.8. The molecule has 8 atom stereocenters. The minimum Gasteiger partial charge on any atom is -0.464 e. The smallest absolute Gasteiger partial charge is 0.328 e. The molecule has 15 nitrogen and oxygen atoms in total. The third-order valence-corrected chi connectivity index (χ3v) is 10.8. The van der Waals surface area contributed by atoms with Crippen LogP contribution in [0.2, 0.25) is 0 Å². The number of nitrogens with zero attached hydrogens (tertiary/aromatic N) is 2. The lowest BCUT2D eigenvalue weighted by Crippen LogP contribution is -2.55. The first-order valence-corrected chi connectivity index (χ1v) is 20.5. The number of esters is 1. The number of nitrogens with two attached hydrogens (primary N) is 1. The Morgan fingerprint density at radius 1 is 0.947 bits per heavy atom. The van der Waals surface area contributed by atoms with Crippen LogP contribution in [0, 0.1) is 17.8 Å². The Morgan fingerprint density at radius 2 is 1.63 bits per heavy atom. The monoisotopic (exact) mass is 803 g/mol. The van der Waals surface area contributed by atoms with Gasteiger partial charge in [0.25, 0.3) is 0 Å². The number of benzene rings is 1. The van der Waals surface area contributed by atoms with Crippen LogP contribution >= 0.6 is 0 Å². The quantitative estimate of drug-likeness (QED) is 0.0843. The zero-order valence-corrected chi connectivity index (χ0v) is 35.7. The maximum absolute atomic E-state index is 14.1. The lowest BCUT2D eigenvalue weighted by atomic mass is 9.90. The molecule has 15 heteroatoms. The van der Waals surface area contributed by atoms with Gasteiger partial charge in [0.15, 0.2) is 0 Å². The topological polar surface area (TPSA) is 199 Å². The average Bonchev–Trinajstić information content (AvgIpc) is 3.66. The van der Waals surface area contributed by atoms with Crippen molar-refractivity contribution in [1.82, 2.24) is 25.8 Å². The molecular formula is C42H70N6O9. The van der Waals surface area contributed by atoms with E-state index in [2.05, 4.69) is 29.8 Å². The van der Waals surface area contributed by atoms with Crippen molar-refractivity contribution in [3.05, 3.63) is 35.9 Å². The fraction of sp³-hybridized carbons (Fsp3) is 0.714. The number of hydrogen-bond acceptors (Lipinski definition) is 10. The Kier molecular flexibility index (Phi) is 21.8. The molecule has 5 amide bonds. The van der Waals surface area contributed by atoms with Crippen LogP contribution < -0.4 is 21.7 Å². The molecule has 1 aromatic carbocycles. The maximum Gasteiger partial charge on any atom is 0.328 e. The predicted molar refractivity (Wildman–Crippen MR) is 218 cm³/mol. The van der Waals surface area contributed by atoms with Gasteiger partial charge in [0.05, 0.1) is 43.2 Å². The Balaban J connectivity index is 2.13. The van der Waals surface area contributed by atoms with E-state index in [9.17, 15) is 28.8 Å². The van der Waals surface area contributed by atoms with Crippen molar-refractivity contribution in [2.24, 2.45) is 23.5 Å². The van der Waals surface area contributed by atoms with Crippen molar-refractivity contribution in [3.8, 4) is 0 Å². The van der Waals surface area contributed by atoms with E-state index in [0.29, 0.717) is 25.8 Å². The van der Waals surface area contributed by atoms with E-state index < -0.39 is 48.0 Å². The zero-order valence-electron chi connectivity index (χ0n) is 35.7. The molecule has 0 bridgehead atoms. The second-order valence-corrected chi connectivity index (χ2v) is 15.6. The molecule has 0 saturated carbocycles. The Bertz CT molecular complexity index is 1430. The Labute approximate surface area is 339 Å². The minimum atomic E-state index is -0.920. The van der Waals surface area contributed by atoms with E-state index in [0.717, 1.165) is 18.4 Å². The summed E-state index contributed by atoms with van der Waals surface area (Å²) in [6.07, 6.45) is 2.11. The molecule has 5 N–H and O–H groups in total. The van der Waals surface area contributed by atoms with Crippen molar-refractivity contribution < 1.29 is 43.0 Å². The summed E-state index contributed by atoms with van der Waals surface area (Å²) in [6.45, 7) is 12.3. The summed E-state index contributed by atoms with van der Waals surface area (Å²) in [5.74, 6) is -2.30. The molecule has 1 saturated heterocycles. The number of hydrogen-bond donors (Lipinski definition) is 4. The van der Waals surface area contributed by atoms with Gasteiger partial charge < -0.3 is 45.7 Å². The standard InChI is InChI=1S/C42H70N6O9/c1-10-28(4)38(47(7)36(50)24-27(2)3)34(55-8)26-37(51)48-22-14-18-33(48)39(56-9)29(5)40(52)46-32(25-31-16-12-11-13-17-31)41(53)44-21-15-23-57-42(54)30(6)45-35(49)19-20-43/h11-13,16-17,27-30,32-34,38-39H,10,14-15,18-26,43H2,1-9H3,(H,44,53)(H,45,49)(H,46,52)/t28-,29+,30-,32-,33-,34+,38-,39+/m0/s1. The number of nitrogens with one attached hydrogen (secondary N) is 3. The highest BCUT2D eigenvalue weighted by atomic mass is 16.5. The van der Waals surface area contributed by atoms with E-state index in [1.165, 1.54) is 14.0 Å².